The van der Waals surface area contributed by atoms with Gasteiger partial charge in [-0.25, -0.2) is 0 Å². The third kappa shape index (κ3) is 7.50. The van der Waals surface area contributed by atoms with E-state index < -0.39 is 0 Å². The summed E-state index contributed by atoms with van der Waals surface area (Å²) in [6.45, 7) is 11.7. The van der Waals surface area contributed by atoms with Gasteiger partial charge in [-0.15, -0.1) is 0 Å². The first kappa shape index (κ1) is 23.4. The molecule has 0 fully saturated rings. The molecule has 0 saturated carbocycles. The number of nitrogens with zero attached hydrogens (tertiary/aromatic N) is 1. The molecule has 0 radical (unpaired) electrons. The molecule has 1 N–H and O–H groups in total. The van der Waals surface area contributed by atoms with Crippen LogP contribution in [0.4, 0.5) is 0 Å². The number of halogens is 1. The van der Waals surface area contributed by atoms with Crippen molar-refractivity contribution in [2.45, 2.75) is 20.8 Å². The third-order valence-corrected chi connectivity index (χ3v) is 5.07. The van der Waals surface area contributed by atoms with E-state index in [0.29, 0.717) is 18.7 Å². The Balaban J connectivity index is 0.00000364. The molecule has 4 nitrogen and oxygen atoms in total. The van der Waals surface area contributed by atoms with Gasteiger partial charge in [-0.2, -0.15) is 0 Å². The smallest absolute Gasteiger partial charge is 0.251 e. The van der Waals surface area contributed by atoms with Crippen molar-refractivity contribution in [3.63, 3.8) is 0 Å². The second kappa shape index (κ2) is 12.0. The maximum absolute atomic E-state index is 12.2. The first-order valence-corrected chi connectivity index (χ1v) is 9.46. The van der Waals surface area contributed by atoms with E-state index in [2.05, 4.69) is 38.2 Å². The zero-order chi connectivity index (χ0) is 18.8. The number of likely N-dealkylation sites (N-methyl/N-ethyl adjacent to an activating group) is 1. The fourth-order valence-electron chi connectivity index (χ4n) is 3.13. The van der Waals surface area contributed by atoms with Crippen molar-refractivity contribution in [3.8, 4) is 5.75 Å². The second-order valence-electron chi connectivity index (χ2n) is 6.71. The summed E-state index contributed by atoms with van der Waals surface area (Å²) in [7, 11) is 0. The van der Waals surface area contributed by atoms with Gasteiger partial charge in [0.15, 0.2) is 0 Å². The Bertz CT molecular complexity index is 688. The van der Waals surface area contributed by atoms with E-state index in [0.717, 1.165) is 36.4 Å². The molecule has 1 amide bonds. The number of rotatable bonds is 10. The van der Waals surface area contributed by atoms with E-state index in [1.807, 2.05) is 42.5 Å². The molecule has 0 spiro atoms. The molecule has 0 bridgehead atoms. The summed E-state index contributed by atoms with van der Waals surface area (Å²) in [5, 5.41) is 3.04. The normalized spacial score (nSPS) is 10.8. The van der Waals surface area contributed by atoms with Crippen molar-refractivity contribution in [3.05, 3.63) is 65.7 Å². The van der Waals surface area contributed by atoms with Gasteiger partial charge in [-0.1, -0.05) is 30.3 Å². The summed E-state index contributed by atoms with van der Waals surface area (Å²) in [6.07, 6.45) is 0. The zero-order valence-electron chi connectivity index (χ0n) is 16.6. The molecule has 0 heterocycles. The first-order valence-electron chi connectivity index (χ1n) is 9.46. The lowest BCUT2D eigenvalue weighted by Crippen LogP contribution is -3.00. The molecule has 0 saturated heterocycles. The van der Waals surface area contributed by atoms with E-state index >= 15 is 0 Å². The summed E-state index contributed by atoms with van der Waals surface area (Å²) in [6, 6.07) is 17.5. The highest BCUT2D eigenvalue weighted by molar-refractivity contribution is 5.94. The average Bonchev–Trinajstić information content (AvgIpc) is 2.67. The fraction of sp³-hybridized carbons (Fsp3) is 0.409. The van der Waals surface area contributed by atoms with Gasteiger partial charge >= 0.3 is 0 Å². The van der Waals surface area contributed by atoms with E-state index in [1.165, 1.54) is 5.56 Å². The van der Waals surface area contributed by atoms with Gasteiger partial charge in [0.1, 0.15) is 18.9 Å². The summed E-state index contributed by atoms with van der Waals surface area (Å²) in [4.78, 5) is 12.2. The van der Waals surface area contributed by atoms with E-state index in [4.69, 9.17) is 4.74 Å². The second-order valence-corrected chi connectivity index (χ2v) is 6.71. The van der Waals surface area contributed by atoms with E-state index in [9.17, 15) is 4.79 Å². The molecule has 27 heavy (non-hydrogen) atoms. The van der Waals surface area contributed by atoms with Gasteiger partial charge in [0, 0.05) is 5.56 Å². The van der Waals surface area contributed by atoms with Crippen LogP contribution in [0.1, 0.15) is 29.8 Å². The number of hydrogen-bond donors (Lipinski definition) is 1. The third-order valence-electron chi connectivity index (χ3n) is 5.07. The molecule has 0 aliphatic heterocycles. The summed E-state index contributed by atoms with van der Waals surface area (Å²) < 4.78 is 6.87. The minimum atomic E-state index is -0.00748. The Labute approximate surface area is 180 Å². The van der Waals surface area contributed by atoms with Crippen LogP contribution in [-0.4, -0.2) is 49.7 Å². The fourth-order valence-corrected chi connectivity index (χ4v) is 3.13. The van der Waals surface area contributed by atoms with E-state index in [-0.39, 0.29) is 29.9 Å². The van der Waals surface area contributed by atoms with Gasteiger partial charge < -0.3 is 38.5 Å². The molecular weight excluding hydrogens is 451 g/mol. The molecule has 148 valence electrons. The maximum Gasteiger partial charge on any atom is 0.251 e. The number of hydrogen-bond acceptors (Lipinski definition) is 2. The van der Waals surface area contributed by atoms with Gasteiger partial charge in [-0.3, -0.25) is 4.79 Å². The summed E-state index contributed by atoms with van der Waals surface area (Å²) >= 11 is 0. The Morgan fingerprint density at radius 3 is 2.33 bits per heavy atom. The number of aryl methyl sites for hydroxylation is 1. The van der Waals surface area contributed by atoms with Crippen molar-refractivity contribution in [2.75, 3.05) is 39.3 Å². The van der Waals surface area contributed by atoms with Crippen LogP contribution in [0.3, 0.4) is 0 Å². The monoisotopic (exact) mass is 482 g/mol. The predicted molar refractivity (Wildman–Crippen MR) is 107 cm³/mol. The quantitative estimate of drug-likeness (QED) is 0.400. The highest BCUT2D eigenvalue weighted by Crippen LogP contribution is 2.13. The van der Waals surface area contributed by atoms with E-state index in [1.54, 1.807) is 0 Å². The van der Waals surface area contributed by atoms with Gasteiger partial charge in [0.2, 0.25) is 0 Å². The molecule has 2 aromatic rings. The molecule has 0 unspecified atom stereocenters. The van der Waals surface area contributed by atoms with Crippen LogP contribution in [-0.2, 0) is 0 Å². The van der Waals surface area contributed by atoms with Crippen molar-refractivity contribution in [2.24, 2.45) is 0 Å². The lowest BCUT2D eigenvalue weighted by atomic mass is 10.2. The molecule has 0 aliphatic carbocycles. The zero-order valence-corrected chi connectivity index (χ0v) is 18.7. The molecule has 5 heteroatoms. The number of carbonyl (C=O) groups is 1. The molecule has 2 aromatic carbocycles. The highest BCUT2D eigenvalue weighted by Gasteiger charge is 2.23. The van der Waals surface area contributed by atoms with Crippen LogP contribution in [0.2, 0.25) is 0 Å². The van der Waals surface area contributed by atoms with Crippen LogP contribution < -0.4 is 34.0 Å². The average molecular weight is 482 g/mol. The minimum absolute atomic E-state index is 0. The highest BCUT2D eigenvalue weighted by atomic mass is 127. The molecular formula is C22H31IN2O2. The van der Waals surface area contributed by atoms with Gasteiger partial charge in [0.25, 0.3) is 5.91 Å². The lowest BCUT2D eigenvalue weighted by molar-refractivity contribution is -0.923. The Morgan fingerprint density at radius 2 is 1.70 bits per heavy atom. The SMILES string of the molecule is CC[N+](CC)(CCNC(=O)c1ccccc1)CCOc1cccc(C)c1.[I-]. The molecule has 2 rings (SSSR count). The first-order chi connectivity index (χ1) is 12.6. The standard InChI is InChI=1S/C22H30N2O2.HI/c1-4-24(5-2,16-17-26-21-13-9-10-19(3)18-21)15-14-23-22(25)20-11-7-6-8-12-20;/h6-13,18H,4-5,14-17H2,1-3H3;1H. The number of amides is 1. The number of ether oxygens (including phenoxy) is 1. The predicted octanol–water partition coefficient (Wildman–Crippen LogP) is 0.664. The summed E-state index contributed by atoms with van der Waals surface area (Å²) in [5.41, 5.74) is 1.92. The number of nitrogens with one attached hydrogen (secondary N) is 1. The number of benzene rings is 2. The van der Waals surface area contributed by atoms with Crippen LogP contribution in [0.5, 0.6) is 5.75 Å². The lowest BCUT2D eigenvalue weighted by Gasteiger charge is -2.36. The van der Waals surface area contributed by atoms with Crippen LogP contribution >= 0.6 is 0 Å². The van der Waals surface area contributed by atoms with Crippen molar-refractivity contribution in [1.82, 2.24) is 5.32 Å². The van der Waals surface area contributed by atoms with Crippen LogP contribution in [0.25, 0.3) is 0 Å². The van der Waals surface area contributed by atoms with Crippen LogP contribution in [0, 0.1) is 6.92 Å². The van der Waals surface area contributed by atoms with Crippen molar-refractivity contribution < 1.29 is 38.0 Å². The van der Waals surface area contributed by atoms with Crippen molar-refractivity contribution in [1.29, 1.82) is 0 Å². The van der Waals surface area contributed by atoms with Crippen molar-refractivity contribution >= 4 is 5.91 Å². The Hall–Kier alpha value is -1.60. The molecule has 0 aromatic heterocycles. The number of carbonyl (C=O) groups excluding carboxylic acids is 1. The molecule has 0 atom stereocenters. The number of quaternary nitrogens is 1. The topological polar surface area (TPSA) is 38.3 Å². The minimum Gasteiger partial charge on any atom is -1.00 e. The Morgan fingerprint density at radius 1 is 1.00 bits per heavy atom. The van der Waals surface area contributed by atoms with Gasteiger partial charge in [0.05, 0.1) is 26.2 Å². The largest absolute Gasteiger partial charge is 1.00 e. The summed E-state index contributed by atoms with van der Waals surface area (Å²) in [5.74, 6) is 0.916. The van der Waals surface area contributed by atoms with Gasteiger partial charge in [-0.05, 0) is 50.6 Å². The van der Waals surface area contributed by atoms with Crippen LogP contribution in [0.15, 0.2) is 54.6 Å². The maximum atomic E-state index is 12.2. The Kier molecular flexibility index (Phi) is 10.4. The molecule has 0 aliphatic rings.